The molecule has 1 aromatic carbocycles. The summed E-state index contributed by atoms with van der Waals surface area (Å²) in [6.45, 7) is 0.199. The molecule has 22 heavy (non-hydrogen) atoms. The van der Waals surface area contributed by atoms with Crippen molar-refractivity contribution in [3.05, 3.63) is 57.2 Å². The second kappa shape index (κ2) is 8.08. The Balaban J connectivity index is 1.88. The van der Waals surface area contributed by atoms with E-state index in [-0.39, 0.29) is 18.4 Å². The summed E-state index contributed by atoms with van der Waals surface area (Å²) in [5, 5.41) is 0. The Morgan fingerprint density at radius 1 is 1.23 bits per heavy atom. The molecule has 0 bridgehead atoms. The number of sulfonamides is 1. The minimum atomic E-state index is -3.34. The van der Waals surface area contributed by atoms with Gasteiger partial charge in [0.1, 0.15) is 6.10 Å². The van der Waals surface area contributed by atoms with Crippen LogP contribution in [0.2, 0.25) is 4.34 Å². The van der Waals surface area contributed by atoms with Crippen LogP contribution in [-0.4, -0.2) is 27.8 Å². The number of hydrogen-bond donors (Lipinski definition) is 1. The maximum atomic E-state index is 12.1. The number of halogens is 1. The Kier molecular flexibility index (Phi) is 6.40. The molecular formula is C15H18ClNO3S2. The largest absolute Gasteiger partial charge is 0.375 e. The molecule has 1 heterocycles. The Labute approximate surface area is 140 Å². The Bertz CT molecular complexity index is 686. The zero-order valence-electron chi connectivity index (χ0n) is 12.2. The lowest BCUT2D eigenvalue weighted by Crippen LogP contribution is -2.31. The molecule has 0 spiro atoms. The van der Waals surface area contributed by atoms with Crippen LogP contribution in [-0.2, 0) is 21.2 Å². The van der Waals surface area contributed by atoms with E-state index in [1.807, 2.05) is 36.4 Å². The highest BCUT2D eigenvalue weighted by atomic mass is 35.5. The highest BCUT2D eigenvalue weighted by Crippen LogP contribution is 2.28. The summed E-state index contributed by atoms with van der Waals surface area (Å²) in [7, 11) is -1.79. The van der Waals surface area contributed by atoms with Crippen LogP contribution in [0.1, 0.15) is 16.5 Å². The predicted molar refractivity (Wildman–Crippen MR) is 91.0 cm³/mol. The molecule has 0 radical (unpaired) electrons. The van der Waals surface area contributed by atoms with Crippen LogP contribution in [0.15, 0.2) is 42.5 Å². The third kappa shape index (κ3) is 5.37. The fourth-order valence-electron chi connectivity index (χ4n) is 1.97. The fourth-order valence-corrected chi connectivity index (χ4v) is 4.17. The van der Waals surface area contributed by atoms with E-state index in [4.69, 9.17) is 16.3 Å². The van der Waals surface area contributed by atoms with Gasteiger partial charge in [-0.05, 0) is 24.1 Å². The van der Waals surface area contributed by atoms with E-state index in [9.17, 15) is 8.42 Å². The highest BCUT2D eigenvalue weighted by molar-refractivity contribution is 7.89. The van der Waals surface area contributed by atoms with Gasteiger partial charge in [-0.2, -0.15) is 0 Å². The normalized spacial score (nSPS) is 13.2. The Morgan fingerprint density at radius 2 is 1.95 bits per heavy atom. The Morgan fingerprint density at radius 3 is 2.55 bits per heavy atom. The molecule has 0 saturated carbocycles. The van der Waals surface area contributed by atoms with Gasteiger partial charge in [-0.1, -0.05) is 41.9 Å². The van der Waals surface area contributed by atoms with Crippen molar-refractivity contribution in [1.82, 2.24) is 4.72 Å². The quantitative estimate of drug-likeness (QED) is 0.787. The van der Waals surface area contributed by atoms with Crippen LogP contribution in [0.3, 0.4) is 0 Å². The van der Waals surface area contributed by atoms with Gasteiger partial charge in [0.25, 0.3) is 0 Å². The predicted octanol–water partition coefficient (Wildman–Crippen LogP) is 3.25. The number of nitrogens with one attached hydrogen (secondary N) is 1. The molecule has 2 rings (SSSR count). The number of ether oxygens (including phenoxy) is 1. The average Bonchev–Trinajstić information content (AvgIpc) is 2.93. The van der Waals surface area contributed by atoms with Crippen LogP contribution in [0, 0.1) is 0 Å². The monoisotopic (exact) mass is 359 g/mol. The van der Waals surface area contributed by atoms with Crippen molar-refractivity contribution in [2.24, 2.45) is 0 Å². The summed E-state index contributed by atoms with van der Waals surface area (Å²) < 4.78 is 32.7. The molecular weight excluding hydrogens is 342 g/mol. The molecule has 1 N–H and O–H groups in total. The third-order valence-corrected chi connectivity index (χ3v) is 5.86. The van der Waals surface area contributed by atoms with Crippen molar-refractivity contribution in [3.8, 4) is 0 Å². The first kappa shape index (κ1) is 17.4. The van der Waals surface area contributed by atoms with Gasteiger partial charge in [0.2, 0.25) is 10.0 Å². The van der Waals surface area contributed by atoms with Crippen molar-refractivity contribution in [1.29, 1.82) is 0 Å². The second-order valence-corrected chi connectivity index (χ2v) is 8.44. The molecule has 0 aliphatic rings. The molecule has 0 aliphatic heterocycles. The smallest absolute Gasteiger partial charge is 0.212 e. The minimum absolute atomic E-state index is 0.0542. The molecule has 0 amide bonds. The molecule has 1 aromatic heterocycles. The lowest BCUT2D eigenvalue weighted by Gasteiger charge is -2.14. The van der Waals surface area contributed by atoms with Crippen LogP contribution >= 0.6 is 22.9 Å². The van der Waals surface area contributed by atoms with E-state index in [1.54, 1.807) is 13.2 Å². The van der Waals surface area contributed by atoms with Gasteiger partial charge >= 0.3 is 0 Å². The summed E-state index contributed by atoms with van der Waals surface area (Å²) in [6, 6.07) is 13.2. The lowest BCUT2D eigenvalue weighted by molar-refractivity contribution is 0.110. The van der Waals surface area contributed by atoms with Crippen molar-refractivity contribution in [2.45, 2.75) is 12.5 Å². The van der Waals surface area contributed by atoms with Crippen molar-refractivity contribution < 1.29 is 13.2 Å². The molecule has 2 aromatic rings. The maximum absolute atomic E-state index is 12.1. The fraction of sp³-hybridized carbons (Fsp3) is 0.333. The molecule has 0 aliphatic carbocycles. The van der Waals surface area contributed by atoms with Crippen LogP contribution in [0.4, 0.5) is 0 Å². The number of thiophene rings is 1. The number of rotatable bonds is 8. The van der Waals surface area contributed by atoms with E-state index in [0.29, 0.717) is 10.8 Å². The molecule has 0 saturated heterocycles. The number of benzene rings is 1. The van der Waals surface area contributed by atoms with Crippen molar-refractivity contribution >= 4 is 33.0 Å². The lowest BCUT2D eigenvalue weighted by atomic mass is 10.2. The van der Waals surface area contributed by atoms with Gasteiger partial charge in [-0.3, -0.25) is 0 Å². The van der Waals surface area contributed by atoms with E-state index < -0.39 is 10.0 Å². The van der Waals surface area contributed by atoms with Crippen molar-refractivity contribution in [3.63, 3.8) is 0 Å². The first-order chi connectivity index (χ1) is 10.5. The highest BCUT2D eigenvalue weighted by Gasteiger charge is 2.17. The van der Waals surface area contributed by atoms with Gasteiger partial charge < -0.3 is 4.74 Å². The minimum Gasteiger partial charge on any atom is -0.375 e. The van der Waals surface area contributed by atoms with Crippen LogP contribution < -0.4 is 4.72 Å². The van der Waals surface area contributed by atoms with Crippen molar-refractivity contribution in [2.75, 3.05) is 19.4 Å². The summed E-state index contributed by atoms with van der Waals surface area (Å²) in [4.78, 5) is 0.901. The van der Waals surface area contributed by atoms with E-state index in [0.717, 1.165) is 10.4 Å². The maximum Gasteiger partial charge on any atom is 0.212 e. The molecule has 1 atom stereocenters. The van der Waals surface area contributed by atoms with Crippen LogP contribution in [0.25, 0.3) is 0 Å². The molecule has 1 unspecified atom stereocenters. The standard InChI is InChI=1S/C15H18ClNO3S2/c1-20-13(14-7-8-15(16)21-14)11-17-22(18,19)10-9-12-5-3-2-4-6-12/h2-8,13,17H,9-11H2,1H3. The summed E-state index contributed by atoms with van der Waals surface area (Å²) in [5.41, 5.74) is 1.00. The topological polar surface area (TPSA) is 55.4 Å². The summed E-state index contributed by atoms with van der Waals surface area (Å²) in [5.74, 6) is 0.0542. The van der Waals surface area contributed by atoms with Crippen LogP contribution in [0.5, 0.6) is 0 Å². The SMILES string of the molecule is COC(CNS(=O)(=O)CCc1ccccc1)c1ccc(Cl)s1. The van der Waals surface area contributed by atoms with E-state index in [1.165, 1.54) is 11.3 Å². The summed E-state index contributed by atoms with van der Waals surface area (Å²) >= 11 is 7.28. The number of aryl methyl sites for hydroxylation is 1. The van der Waals surface area contributed by atoms with Gasteiger partial charge in [0.15, 0.2) is 0 Å². The zero-order valence-corrected chi connectivity index (χ0v) is 14.5. The van der Waals surface area contributed by atoms with E-state index >= 15 is 0 Å². The third-order valence-electron chi connectivity index (χ3n) is 3.19. The van der Waals surface area contributed by atoms with E-state index in [2.05, 4.69) is 4.72 Å². The van der Waals surface area contributed by atoms with Gasteiger partial charge in [0.05, 0.1) is 10.1 Å². The van der Waals surface area contributed by atoms with Gasteiger partial charge in [-0.15, -0.1) is 11.3 Å². The molecule has 120 valence electrons. The first-order valence-electron chi connectivity index (χ1n) is 6.79. The first-order valence-corrected chi connectivity index (χ1v) is 9.64. The average molecular weight is 360 g/mol. The van der Waals surface area contributed by atoms with Gasteiger partial charge in [0, 0.05) is 18.5 Å². The number of hydrogen-bond acceptors (Lipinski definition) is 4. The molecule has 7 heteroatoms. The number of methoxy groups -OCH3 is 1. The Hall–Kier alpha value is -0.920. The second-order valence-electron chi connectivity index (χ2n) is 4.77. The molecule has 4 nitrogen and oxygen atoms in total. The van der Waals surface area contributed by atoms with Gasteiger partial charge in [-0.25, -0.2) is 13.1 Å². The summed E-state index contributed by atoms with van der Waals surface area (Å²) in [6.07, 6.45) is 0.155. The molecule has 0 fully saturated rings. The zero-order chi connectivity index (χ0) is 16.0.